The Morgan fingerprint density at radius 1 is 1.53 bits per heavy atom. The third-order valence-corrected chi connectivity index (χ3v) is 3.43. The minimum atomic E-state index is -0.185. The maximum Gasteiger partial charge on any atom is 0.324 e. The second-order valence-electron chi connectivity index (χ2n) is 4.80. The van der Waals surface area contributed by atoms with Gasteiger partial charge in [0.25, 0.3) is 0 Å². The molecule has 2 atom stereocenters. The zero-order chi connectivity index (χ0) is 12.7. The summed E-state index contributed by atoms with van der Waals surface area (Å²) < 4.78 is 5.05. The lowest BCUT2D eigenvalue weighted by molar-refractivity contribution is -0.146. The maximum absolute atomic E-state index is 11.7. The first-order chi connectivity index (χ1) is 8.21. The van der Waals surface area contributed by atoms with Gasteiger partial charge < -0.3 is 15.0 Å². The van der Waals surface area contributed by atoms with E-state index in [1.165, 1.54) is 19.3 Å². The van der Waals surface area contributed by atoms with Crippen molar-refractivity contribution in [2.75, 3.05) is 33.3 Å². The second kappa shape index (κ2) is 7.67. The van der Waals surface area contributed by atoms with Gasteiger partial charge in [-0.25, -0.2) is 0 Å². The molecule has 1 rings (SSSR count). The molecule has 2 unspecified atom stereocenters. The van der Waals surface area contributed by atoms with Gasteiger partial charge in [-0.2, -0.15) is 0 Å². The highest BCUT2D eigenvalue weighted by Gasteiger charge is 2.26. The normalized spacial score (nSPS) is 22.6. The molecule has 100 valence electrons. The van der Waals surface area contributed by atoms with Crippen molar-refractivity contribution < 1.29 is 9.53 Å². The molecule has 1 aliphatic heterocycles. The van der Waals surface area contributed by atoms with Gasteiger partial charge in [0, 0.05) is 13.1 Å². The number of nitrogens with zero attached hydrogens (tertiary/aromatic N) is 1. The molecule has 0 aliphatic carbocycles. The van der Waals surface area contributed by atoms with Crippen LogP contribution in [0.1, 0.15) is 33.1 Å². The first-order valence-electron chi connectivity index (χ1n) is 6.77. The Bertz CT molecular complexity index is 233. The van der Waals surface area contributed by atoms with Gasteiger partial charge in [-0.3, -0.25) is 4.79 Å². The smallest absolute Gasteiger partial charge is 0.324 e. The first-order valence-corrected chi connectivity index (χ1v) is 6.77. The van der Waals surface area contributed by atoms with Crippen LogP contribution in [0.4, 0.5) is 0 Å². The van der Waals surface area contributed by atoms with Gasteiger partial charge in [0.1, 0.15) is 6.04 Å². The molecule has 0 aromatic carbocycles. The molecule has 0 amide bonds. The molecule has 1 aliphatic rings. The number of hydrogen-bond donors (Lipinski definition) is 1. The highest BCUT2D eigenvalue weighted by Crippen LogP contribution is 2.20. The van der Waals surface area contributed by atoms with E-state index in [9.17, 15) is 4.79 Å². The van der Waals surface area contributed by atoms with Crippen LogP contribution in [0.3, 0.4) is 0 Å². The molecule has 0 radical (unpaired) electrons. The number of esters is 1. The van der Waals surface area contributed by atoms with Gasteiger partial charge in [0.05, 0.1) is 6.61 Å². The molecule has 0 spiro atoms. The van der Waals surface area contributed by atoms with Crippen LogP contribution in [0, 0.1) is 5.92 Å². The van der Waals surface area contributed by atoms with E-state index >= 15 is 0 Å². The number of hydrogen-bond acceptors (Lipinski definition) is 4. The average Bonchev–Trinajstić information content (AvgIpc) is 2.74. The Labute approximate surface area is 105 Å². The summed E-state index contributed by atoms with van der Waals surface area (Å²) in [5.41, 5.74) is 0. The Hall–Kier alpha value is -0.610. The Kier molecular flexibility index (Phi) is 6.52. The molecule has 4 nitrogen and oxygen atoms in total. The lowest BCUT2D eigenvalue weighted by Crippen LogP contribution is -2.44. The lowest BCUT2D eigenvalue weighted by Gasteiger charge is -2.22. The minimum Gasteiger partial charge on any atom is -0.465 e. The van der Waals surface area contributed by atoms with E-state index in [0.717, 1.165) is 25.6 Å². The third kappa shape index (κ3) is 4.64. The number of carbonyl (C=O) groups is 1. The van der Waals surface area contributed by atoms with E-state index in [-0.39, 0.29) is 12.0 Å². The fourth-order valence-electron chi connectivity index (χ4n) is 2.51. The lowest BCUT2D eigenvalue weighted by atomic mass is 10.0. The topological polar surface area (TPSA) is 41.6 Å². The molecule has 4 heteroatoms. The van der Waals surface area contributed by atoms with E-state index < -0.39 is 0 Å². The highest BCUT2D eigenvalue weighted by atomic mass is 16.5. The van der Waals surface area contributed by atoms with Gasteiger partial charge >= 0.3 is 5.97 Å². The van der Waals surface area contributed by atoms with E-state index in [0.29, 0.717) is 6.61 Å². The predicted octanol–water partition coefficient (Wildman–Crippen LogP) is 1.26. The average molecular weight is 242 g/mol. The van der Waals surface area contributed by atoms with E-state index in [1.807, 2.05) is 14.0 Å². The molecule has 17 heavy (non-hydrogen) atoms. The number of nitrogens with one attached hydrogen (secondary N) is 1. The van der Waals surface area contributed by atoms with Crippen LogP contribution in [0.5, 0.6) is 0 Å². The summed E-state index contributed by atoms with van der Waals surface area (Å²) in [5.74, 6) is 0.689. The van der Waals surface area contributed by atoms with Crippen LogP contribution in [0.25, 0.3) is 0 Å². The molecule has 0 saturated carbocycles. The number of carbonyl (C=O) groups excluding carboxylic acids is 1. The number of likely N-dealkylation sites (tertiary alicyclic amines) is 1. The standard InChI is InChI=1S/C13H26N2O2/c1-4-6-11-7-8-15(9-11)10-12(14-3)13(16)17-5-2/h11-12,14H,4-10H2,1-3H3. The quantitative estimate of drug-likeness (QED) is 0.682. The van der Waals surface area contributed by atoms with Crippen LogP contribution in [0.15, 0.2) is 0 Å². The fraction of sp³-hybridized carbons (Fsp3) is 0.923. The van der Waals surface area contributed by atoms with Crippen LogP contribution in [-0.2, 0) is 9.53 Å². The van der Waals surface area contributed by atoms with Gasteiger partial charge in [0.2, 0.25) is 0 Å². The Morgan fingerprint density at radius 2 is 2.29 bits per heavy atom. The minimum absolute atomic E-state index is 0.131. The largest absolute Gasteiger partial charge is 0.465 e. The van der Waals surface area contributed by atoms with Crippen molar-refractivity contribution in [3.8, 4) is 0 Å². The van der Waals surface area contributed by atoms with Gasteiger partial charge in [-0.1, -0.05) is 13.3 Å². The number of rotatable bonds is 7. The van der Waals surface area contributed by atoms with Gasteiger partial charge in [0.15, 0.2) is 0 Å². The van der Waals surface area contributed by atoms with E-state index in [4.69, 9.17) is 4.74 Å². The van der Waals surface area contributed by atoms with Crippen molar-refractivity contribution in [3.63, 3.8) is 0 Å². The number of likely N-dealkylation sites (N-methyl/N-ethyl adjacent to an activating group) is 1. The predicted molar refractivity (Wildman–Crippen MR) is 68.9 cm³/mol. The molecule has 0 aromatic heterocycles. The van der Waals surface area contributed by atoms with Crippen molar-refractivity contribution in [2.45, 2.75) is 39.2 Å². The van der Waals surface area contributed by atoms with Crippen molar-refractivity contribution in [2.24, 2.45) is 5.92 Å². The van der Waals surface area contributed by atoms with Crippen molar-refractivity contribution in [3.05, 3.63) is 0 Å². The Morgan fingerprint density at radius 3 is 2.88 bits per heavy atom. The molecule has 1 heterocycles. The first kappa shape index (κ1) is 14.5. The van der Waals surface area contributed by atoms with Crippen LogP contribution in [-0.4, -0.2) is 50.2 Å². The van der Waals surface area contributed by atoms with Crippen LogP contribution in [0.2, 0.25) is 0 Å². The molecule has 1 fully saturated rings. The van der Waals surface area contributed by atoms with E-state index in [2.05, 4.69) is 17.1 Å². The molecular formula is C13H26N2O2. The zero-order valence-corrected chi connectivity index (χ0v) is 11.4. The zero-order valence-electron chi connectivity index (χ0n) is 11.4. The summed E-state index contributed by atoms with van der Waals surface area (Å²) >= 11 is 0. The summed E-state index contributed by atoms with van der Waals surface area (Å²) in [6, 6.07) is -0.185. The Balaban J connectivity index is 2.34. The SMILES string of the molecule is CCCC1CCN(CC(NC)C(=O)OCC)C1. The molecule has 0 bridgehead atoms. The van der Waals surface area contributed by atoms with Crippen molar-refractivity contribution >= 4 is 5.97 Å². The van der Waals surface area contributed by atoms with Crippen LogP contribution >= 0.6 is 0 Å². The maximum atomic E-state index is 11.7. The molecular weight excluding hydrogens is 216 g/mol. The summed E-state index contributed by atoms with van der Waals surface area (Å²) in [5, 5.41) is 3.04. The fourth-order valence-corrected chi connectivity index (χ4v) is 2.51. The van der Waals surface area contributed by atoms with Crippen molar-refractivity contribution in [1.29, 1.82) is 0 Å². The third-order valence-electron chi connectivity index (χ3n) is 3.43. The second-order valence-corrected chi connectivity index (χ2v) is 4.80. The number of ether oxygens (including phenoxy) is 1. The molecule has 1 saturated heterocycles. The van der Waals surface area contributed by atoms with Gasteiger partial charge in [-0.15, -0.1) is 0 Å². The van der Waals surface area contributed by atoms with E-state index in [1.54, 1.807) is 0 Å². The summed E-state index contributed by atoms with van der Waals surface area (Å²) in [4.78, 5) is 14.0. The van der Waals surface area contributed by atoms with Crippen LogP contribution < -0.4 is 5.32 Å². The monoisotopic (exact) mass is 242 g/mol. The molecule has 1 N–H and O–H groups in total. The summed E-state index contributed by atoms with van der Waals surface area (Å²) in [6.45, 7) is 7.55. The molecule has 0 aromatic rings. The van der Waals surface area contributed by atoms with Gasteiger partial charge in [-0.05, 0) is 39.3 Å². The summed E-state index contributed by atoms with van der Waals surface area (Å²) in [7, 11) is 1.82. The van der Waals surface area contributed by atoms with Crippen molar-refractivity contribution in [1.82, 2.24) is 10.2 Å². The summed E-state index contributed by atoms with van der Waals surface area (Å²) in [6.07, 6.45) is 3.83. The highest BCUT2D eigenvalue weighted by molar-refractivity contribution is 5.76.